The molecule has 6 nitrogen and oxygen atoms in total. The number of hydrogen-bond donors (Lipinski definition) is 1. The van der Waals surface area contributed by atoms with E-state index in [1.807, 2.05) is 59.2 Å². The summed E-state index contributed by atoms with van der Waals surface area (Å²) in [4.78, 5) is 12.5. The Bertz CT molecular complexity index is 1280. The summed E-state index contributed by atoms with van der Waals surface area (Å²) >= 11 is 1.34. The monoisotopic (exact) mass is 472 g/mol. The third-order valence-electron chi connectivity index (χ3n) is 5.39. The summed E-state index contributed by atoms with van der Waals surface area (Å²) < 4.78 is 7.84. The molecule has 0 bridgehead atoms. The number of amides is 1. The Morgan fingerprint density at radius 2 is 1.85 bits per heavy atom. The molecule has 7 heteroatoms. The highest BCUT2D eigenvalue weighted by atomic mass is 32.2. The number of anilines is 1. The van der Waals surface area contributed by atoms with Crippen LogP contribution in [0, 0.1) is 0 Å². The average molecular weight is 473 g/mol. The number of benzene rings is 3. The molecule has 34 heavy (non-hydrogen) atoms. The second kappa shape index (κ2) is 11.0. The van der Waals surface area contributed by atoms with Crippen molar-refractivity contribution in [3.8, 4) is 5.75 Å². The molecular formula is C27H28N4O2S. The highest BCUT2D eigenvalue weighted by Crippen LogP contribution is 2.22. The summed E-state index contributed by atoms with van der Waals surface area (Å²) in [5, 5.41) is 14.4. The van der Waals surface area contributed by atoms with Crippen LogP contribution >= 0.6 is 11.8 Å². The van der Waals surface area contributed by atoms with Crippen molar-refractivity contribution in [1.29, 1.82) is 0 Å². The van der Waals surface area contributed by atoms with Gasteiger partial charge in [-0.25, -0.2) is 0 Å². The minimum Gasteiger partial charge on any atom is -0.486 e. The maximum atomic E-state index is 12.5. The number of allylic oxidation sites excluding steroid dienone is 1. The molecule has 0 radical (unpaired) electrons. The molecule has 0 aliphatic rings. The Morgan fingerprint density at radius 3 is 2.59 bits per heavy atom. The molecule has 0 spiro atoms. The predicted molar refractivity (Wildman–Crippen MR) is 138 cm³/mol. The first-order valence-electron chi connectivity index (χ1n) is 11.2. The van der Waals surface area contributed by atoms with Gasteiger partial charge >= 0.3 is 0 Å². The third-order valence-corrected chi connectivity index (χ3v) is 6.35. The van der Waals surface area contributed by atoms with E-state index in [2.05, 4.69) is 48.1 Å². The SMILES string of the molecule is C=CCn1c(COc2ccc(C(C)C)cc2)nnc1SCC(=O)Nc1ccc2ccccc2c1. The Hall–Kier alpha value is -3.58. The standard InChI is InChI=1S/C27H28N4O2S/c1-4-15-31-25(17-33-24-13-10-20(11-14-24)19(2)3)29-30-27(31)34-18-26(32)28-23-12-9-21-7-5-6-8-22(21)16-23/h4-14,16,19H,1,15,17-18H2,2-3H3,(H,28,32). The van der Waals surface area contributed by atoms with E-state index in [1.54, 1.807) is 6.08 Å². The van der Waals surface area contributed by atoms with Gasteiger partial charge in [0.15, 0.2) is 11.0 Å². The van der Waals surface area contributed by atoms with Gasteiger partial charge in [0, 0.05) is 12.2 Å². The Kier molecular flexibility index (Phi) is 7.65. The molecular weight excluding hydrogens is 444 g/mol. The number of rotatable bonds is 10. The van der Waals surface area contributed by atoms with Gasteiger partial charge in [0.2, 0.25) is 5.91 Å². The smallest absolute Gasteiger partial charge is 0.234 e. The molecule has 1 amide bonds. The lowest BCUT2D eigenvalue weighted by molar-refractivity contribution is -0.113. The largest absolute Gasteiger partial charge is 0.486 e. The van der Waals surface area contributed by atoms with Crippen LogP contribution in [0.25, 0.3) is 10.8 Å². The molecule has 174 valence electrons. The van der Waals surface area contributed by atoms with E-state index in [4.69, 9.17) is 4.74 Å². The molecule has 1 aromatic heterocycles. The van der Waals surface area contributed by atoms with E-state index < -0.39 is 0 Å². The molecule has 0 unspecified atom stereocenters. The maximum Gasteiger partial charge on any atom is 0.234 e. The third kappa shape index (κ3) is 5.85. The number of carbonyl (C=O) groups excluding carboxylic acids is 1. The molecule has 1 heterocycles. The van der Waals surface area contributed by atoms with Gasteiger partial charge in [-0.1, -0.05) is 74.1 Å². The van der Waals surface area contributed by atoms with Crippen molar-refractivity contribution < 1.29 is 9.53 Å². The van der Waals surface area contributed by atoms with E-state index in [0.29, 0.717) is 23.4 Å². The average Bonchev–Trinajstić information content (AvgIpc) is 3.23. The molecule has 0 saturated carbocycles. The first kappa shape index (κ1) is 23.6. The highest BCUT2D eigenvalue weighted by molar-refractivity contribution is 7.99. The lowest BCUT2D eigenvalue weighted by atomic mass is 10.0. The fraction of sp³-hybridized carbons (Fsp3) is 0.222. The fourth-order valence-electron chi connectivity index (χ4n) is 3.54. The highest BCUT2D eigenvalue weighted by Gasteiger charge is 2.14. The van der Waals surface area contributed by atoms with Crippen LogP contribution < -0.4 is 10.1 Å². The zero-order chi connectivity index (χ0) is 23.9. The van der Waals surface area contributed by atoms with Crippen molar-refractivity contribution in [3.63, 3.8) is 0 Å². The van der Waals surface area contributed by atoms with Crippen LogP contribution in [0.1, 0.15) is 31.2 Å². The van der Waals surface area contributed by atoms with Gasteiger partial charge in [-0.2, -0.15) is 0 Å². The lowest BCUT2D eigenvalue weighted by Crippen LogP contribution is -2.15. The van der Waals surface area contributed by atoms with E-state index in [9.17, 15) is 4.79 Å². The minimum atomic E-state index is -0.100. The van der Waals surface area contributed by atoms with Gasteiger partial charge in [-0.15, -0.1) is 16.8 Å². The molecule has 3 aromatic carbocycles. The number of ether oxygens (including phenoxy) is 1. The van der Waals surface area contributed by atoms with Crippen LogP contribution in [-0.4, -0.2) is 26.4 Å². The maximum absolute atomic E-state index is 12.5. The molecule has 0 atom stereocenters. The predicted octanol–water partition coefficient (Wildman–Crippen LogP) is 6.05. The fourth-order valence-corrected chi connectivity index (χ4v) is 4.30. The van der Waals surface area contributed by atoms with Gasteiger partial charge in [0.1, 0.15) is 12.4 Å². The Labute approximate surface area is 204 Å². The van der Waals surface area contributed by atoms with E-state index in [-0.39, 0.29) is 18.3 Å². The molecule has 0 aliphatic heterocycles. The van der Waals surface area contributed by atoms with Crippen molar-refractivity contribution in [2.24, 2.45) is 0 Å². The quantitative estimate of drug-likeness (QED) is 0.225. The van der Waals surface area contributed by atoms with Crippen LogP contribution in [-0.2, 0) is 17.9 Å². The summed E-state index contributed by atoms with van der Waals surface area (Å²) in [5.41, 5.74) is 2.04. The first-order valence-corrected chi connectivity index (χ1v) is 12.2. The normalized spacial score (nSPS) is 11.0. The summed E-state index contributed by atoms with van der Waals surface area (Å²) in [6.07, 6.45) is 1.78. The summed E-state index contributed by atoms with van der Waals surface area (Å²) in [6, 6.07) is 22.0. The molecule has 4 rings (SSSR count). The number of hydrogen-bond acceptors (Lipinski definition) is 5. The van der Waals surface area contributed by atoms with Crippen molar-refractivity contribution in [2.75, 3.05) is 11.1 Å². The Morgan fingerprint density at radius 1 is 1.09 bits per heavy atom. The van der Waals surface area contributed by atoms with E-state index in [1.165, 1.54) is 17.3 Å². The summed E-state index contributed by atoms with van der Waals surface area (Å²) in [6.45, 7) is 8.97. The zero-order valence-electron chi connectivity index (χ0n) is 19.4. The zero-order valence-corrected chi connectivity index (χ0v) is 20.2. The van der Waals surface area contributed by atoms with Gasteiger partial charge < -0.3 is 10.1 Å². The van der Waals surface area contributed by atoms with Crippen LogP contribution in [0.15, 0.2) is 84.5 Å². The van der Waals surface area contributed by atoms with E-state index >= 15 is 0 Å². The second-order valence-electron chi connectivity index (χ2n) is 8.21. The van der Waals surface area contributed by atoms with Gasteiger partial charge in [-0.05, 0) is 46.5 Å². The number of nitrogens with zero attached hydrogens (tertiary/aromatic N) is 3. The van der Waals surface area contributed by atoms with Crippen LogP contribution in [0.4, 0.5) is 5.69 Å². The summed E-state index contributed by atoms with van der Waals surface area (Å²) in [7, 11) is 0. The molecule has 0 aliphatic carbocycles. The number of nitrogens with one attached hydrogen (secondary N) is 1. The number of thioether (sulfide) groups is 1. The Balaban J connectivity index is 1.36. The van der Waals surface area contributed by atoms with Crippen LogP contribution in [0.3, 0.4) is 0 Å². The van der Waals surface area contributed by atoms with Gasteiger partial charge in [0.05, 0.1) is 5.75 Å². The summed E-state index contributed by atoms with van der Waals surface area (Å²) in [5.74, 6) is 2.06. The topological polar surface area (TPSA) is 69.0 Å². The number of aromatic nitrogens is 3. The minimum absolute atomic E-state index is 0.100. The number of carbonyl (C=O) groups is 1. The van der Waals surface area contributed by atoms with Crippen molar-refractivity contribution in [3.05, 3.63) is 90.8 Å². The molecule has 0 saturated heterocycles. The van der Waals surface area contributed by atoms with Crippen molar-refractivity contribution in [2.45, 2.75) is 38.1 Å². The van der Waals surface area contributed by atoms with E-state index in [0.717, 1.165) is 22.2 Å². The van der Waals surface area contributed by atoms with Crippen molar-refractivity contribution in [1.82, 2.24) is 14.8 Å². The van der Waals surface area contributed by atoms with Crippen LogP contribution in [0.2, 0.25) is 0 Å². The first-order chi connectivity index (χ1) is 16.5. The van der Waals surface area contributed by atoms with Crippen molar-refractivity contribution >= 4 is 34.1 Å². The molecule has 0 fully saturated rings. The van der Waals surface area contributed by atoms with Gasteiger partial charge in [-0.3, -0.25) is 9.36 Å². The second-order valence-corrected chi connectivity index (χ2v) is 9.15. The molecule has 4 aromatic rings. The lowest BCUT2D eigenvalue weighted by Gasteiger charge is -2.10. The number of fused-ring (bicyclic) bond motifs is 1. The molecule has 1 N–H and O–H groups in total. The van der Waals surface area contributed by atoms with Crippen LogP contribution in [0.5, 0.6) is 5.75 Å². The van der Waals surface area contributed by atoms with Gasteiger partial charge in [0.25, 0.3) is 0 Å².